The zero-order valence-electron chi connectivity index (χ0n) is 8.36. The summed E-state index contributed by atoms with van der Waals surface area (Å²) in [7, 11) is 0. The van der Waals surface area contributed by atoms with Crippen LogP contribution in [0.3, 0.4) is 0 Å². The van der Waals surface area contributed by atoms with E-state index in [1.807, 2.05) is 30.3 Å². The Kier molecular flexibility index (Phi) is 3.04. The van der Waals surface area contributed by atoms with Crippen LogP contribution in [0.2, 0.25) is 0 Å². The summed E-state index contributed by atoms with van der Waals surface area (Å²) in [5.74, 6) is 1.65. The van der Waals surface area contributed by atoms with Crippen molar-refractivity contribution in [2.24, 2.45) is 11.7 Å². The van der Waals surface area contributed by atoms with E-state index in [1.165, 1.54) is 6.42 Å². The van der Waals surface area contributed by atoms with E-state index in [1.54, 1.807) is 0 Å². The standard InChI is InChI=1S/C12H17NO/c13-9-10-6-7-12(8-10)14-11-4-2-1-3-5-11/h1-5,10,12H,6-9,13H2. The molecule has 2 rings (SSSR count). The molecule has 1 fully saturated rings. The van der Waals surface area contributed by atoms with Gasteiger partial charge in [0.25, 0.3) is 0 Å². The lowest BCUT2D eigenvalue weighted by molar-refractivity contribution is 0.204. The largest absolute Gasteiger partial charge is 0.490 e. The first kappa shape index (κ1) is 9.53. The summed E-state index contributed by atoms with van der Waals surface area (Å²) in [6, 6.07) is 10.0. The van der Waals surface area contributed by atoms with Crippen molar-refractivity contribution in [1.29, 1.82) is 0 Å². The number of nitrogens with two attached hydrogens (primary N) is 1. The molecule has 1 aliphatic rings. The molecule has 0 radical (unpaired) electrons. The van der Waals surface area contributed by atoms with Gasteiger partial charge in [0.05, 0.1) is 6.10 Å². The molecule has 1 saturated carbocycles. The first-order chi connectivity index (χ1) is 6.88. The van der Waals surface area contributed by atoms with Crippen LogP contribution >= 0.6 is 0 Å². The van der Waals surface area contributed by atoms with Gasteiger partial charge in [0.2, 0.25) is 0 Å². The molecular formula is C12H17NO. The average Bonchev–Trinajstić information content (AvgIpc) is 2.67. The van der Waals surface area contributed by atoms with Crippen LogP contribution in [0.15, 0.2) is 30.3 Å². The molecule has 2 atom stereocenters. The number of ether oxygens (including phenoxy) is 1. The van der Waals surface area contributed by atoms with Crippen molar-refractivity contribution < 1.29 is 4.74 Å². The molecule has 2 heteroatoms. The highest BCUT2D eigenvalue weighted by atomic mass is 16.5. The normalized spacial score (nSPS) is 26.4. The van der Waals surface area contributed by atoms with Gasteiger partial charge >= 0.3 is 0 Å². The van der Waals surface area contributed by atoms with Crippen molar-refractivity contribution in [3.63, 3.8) is 0 Å². The molecule has 1 aromatic carbocycles. The van der Waals surface area contributed by atoms with Gasteiger partial charge in [-0.25, -0.2) is 0 Å². The van der Waals surface area contributed by atoms with E-state index in [4.69, 9.17) is 10.5 Å². The summed E-state index contributed by atoms with van der Waals surface area (Å²) >= 11 is 0. The number of hydrogen-bond donors (Lipinski definition) is 1. The first-order valence-corrected chi connectivity index (χ1v) is 5.30. The number of rotatable bonds is 3. The maximum absolute atomic E-state index is 5.85. The third-order valence-electron chi connectivity index (χ3n) is 2.87. The van der Waals surface area contributed by atoms with Crippen LogP contribution in [0, 0.1) is 5.92 Å². The minimum absolute atomic E-state index is 0.381. The third-order valence-corrected chi connectivity index (χ3v) is 2.87. The van der Waals surface area contributed by atoms with Gasteiger partial charge in [-0.15, -0.1) is 0 Å². The third kappa shape index (κ3) is 2.26. The van der Waals surface area contributed by atoms with Gasteiger partial charge < -0.3 is 10.5 Å². The van der Waals surface area contributed by atoms with Crippen molar-refractivity contribution in [1.82, 2.24) is 0 Å². The van der Waals surface area contributed by atoms with E-state index < -0.39 is 0 Å². The van der Waals surface area contributed by atoms with E-state index in [-0.39, 0.29) is 0 Å². The predicted octanol–water partition coefficient (Wildman–Crippen LogP) is 2.19. The molecule has 2 N–H and O–H groups in total. The molecule has 1 aliphatic carbocycles. The molecule has 2 unspecified atom stereocenters. The van der Waals surface area contributed by atoms with Gasteiger partial charge in [0.1, 0.15) is 5.75 Å². The summed E-state index contributed by atoms with van der Waals surface area (Å²) in [6.45, 7) is 0.800. The number of hydrogen-bond acceptors (Lipinski definition) is 2. The Bertz CT molecular complexity index is 273. The Balaban J connectivity index is 1.88. The molecule has 14 heavy (non-hydrogen) atoms. The lowest BCUT2D eigenvalue weighted by atomic mass is 10.1. The number of benzene rings is 1. The summed E-state index contributed by atoms with van der Waals surface area (Å²) < 4.78 is 5.85. The van der Waals surface area contributed by atoms with E-state index in [9.17, 15) is 0 Å². The molecule has 2 nitrogen and oxygen atoms in total. The summed E-state index contributed by atoms with van der Waals surface area (Å²) in [4.78, 5) is 0. The van der Waals surface area contributed by atoms with Crippen LogP contribution in [-0.4, -0.2) is 12.6 Å². The summed E-state index contributed by atoms with van der Waals surface area (Å²) in [6.07, 6.45) is 3.86. The topological polar surface area (TPSA) is 35.2 Å². The van der Waals surface area contributed by atoms with Crippen molar-refractivity contribution >= 4 is 0 Å². The number of para-hydroxylation sites is 1. The SMILES string of the molecule is NCC1CCC(Oc2ccccc2)C1. The highest BCUT2D eigenvalue weighted by molar-refractivity contribution is 5.21. The van der Waals surface area contributed by atoms with Crippen LogP contribution < -0.4 is 10.5 Å². The zero-order valence-corrected chi connectivity index (χ0v) is 8.36. The maximum Gasteiger partial charge on any atom is 0.119 e. The van der Waals surface area contributed by atoms with Crippen molar-refractivity contribution in [2.45, 2.75) is 25.4 Å². The van der Waals surface area contributed by atoms with E-state index in [0.717, 1.165) is 25.1 Å². The van der Waals surface area contributed by atoms with Crippen LogP contribution in [0.5, 0.6) is 5.75 Å². The molecule has 0 bridgehead atoms. The van der Waals surface area contributed by atoms with Gasteiger partial charge in [-0.3, -0.25) is 0 Å². The molecule has 0 aromatic heterocycles. The monoisotopic (exact) mass is 191 g/mol. The van der Waals surface area contributed by atoms with Crippen LogP contribution in [0.4, 0.5) is 0 Å². The Morgan fingerprint density at radius 2 is 2.00 bits per heavy atom. The van der Waals surface area contributed by atoms with Crippen LogP contribution in [-0.2, 0) is 0 Å². The first-order valence-electron chi connectivity index (χ1n) is 5.30. The highest BCUT2D eigenvalue weighted by Gasteiger charge is 2.24. The Hall–Kier alpha value is -1.02. The summed E-state index contributed by atoms with van der Waals surface area (Å²) in [5, 5.41) is 0. The van der Waals surface area contributed by atoms with Gasteiger partial charge in [-0.2, -0.15) is 0 Å². The van der Waals surface area contributed by atoms with Gasteiger partial charge in [0.15, 0.2) is 0 Å². The van der Waals surface area contributed by atoms with Gasteiger partial charge in [0, 0.05) is 0 Å². The Morgan fingerprint density at radius 3 is 2.64 bits per heavy atom. The van der Waals surface area contributed by atoms with Gasteiger partial charge in [-0.1, -0.05) is 18.2 Å². The fraction of sp³-hybridized carbons (Fsp3) is 0.500. The molecule has 0 amide bonds. The van der Waals surface area contributed by atoms with E-state index in [2.05, 4.69) is 0 Å². The van der Waals surface area contributed by atoms with E-state index >= 15 is 0 Å². The Labute approximate surface area is 85.1 Å². The molecule has 1 aromatic rings. The fourth-order valence-electron chi connectivity index (χ4n) is 2.04. The molecule has 76 valence electrons. The van der Waals surface area contributed by atoms with Crippen LogP contribution in [0.1, 0.15) is 19.3 Å². The van der Waals surface area contributed by atoms with E-state index in [0.29, 0.717) is 12.0 Å². The maximum atomic E-state index is 5.85. The zero-order chi connectivity index (χ0) is 9.80. The second-order valence-corrected chi connectivity index (χ2v) is 3.97. The lowest BCUT2D eigenvalue weighted by Gasteiger charge is -2.13. The van der Waals surface area contributed by atoms with Crippen molar-refractivity contribution in [2.75, 3.05) is 6.54 Å². The average molecular weight is 191 g/mol. The second-order valence-electron chi connectivity index (χ2n) is 3.97. The predicted molar refractivity (Wildman–Crippen MR) is 57.3 cm³/mol. The molecule has 0 spiro atoms. The van der Waals surface area contributed by atoms with Gasteiger partial charge in [-0.05, 0) is 43.9 Å². The quantitative estimate of drug-likeness (QED) is 0.795. The minimum atomic E-state index is 0.381. The fourth-order valence-corrected chi connectivity index (χ4v) is 2.04. The van der Waals surface area contributed by atoms with Crippen molar-refractivity contribution in [3.8, 4) is 5.75 Å². The Morgan fingerprint density at radius 1 is 1.21 bits per heavy atom. The molecule has 0 aliphatic heterocycles. The second kappa shape index (κ2) is 4.47. The van der Waals surface area contributed by atoms with Crippen LogP contribution in [0.25, 0.3) is 0 Å². The highest BCUT2D eigenvalue weighted by Crippen LogP contribution is 2.28. The molecule has 0 heterocycles. The molecule has 0 saturated heterocycles. The van der Waals surface area contributed by atoms with Crippen molar-refractivity contribution in [3.05, 3.63) is 30.3 Å². The smallest absolute Gasteiger partial charge is 0.119 e. The lowest BCUT2D eigenvalue weighted by Crippen LogP contribution is -2.15. The summed E-state index contributed by atoms with van der Waals surface area (Å²) in [5.41, 5.74) is 5.63. The minimum Gasteiger partial charge on any atom is -0.490 e. The molecular weight excluding hydrogens is 174 g/mol.